The number of hydrogen-bond acceptors (Lipinski definition) is 4. The highest BCUT2D eigenvalue weighted by Gasteiger charge is 2.27. The van der Waals surface area contributed by atoms with Crippen molar-refractivity contribution in [3.63, 3.8) is 0 Å². The van der Waals surface area contributed by atoms with E-state index in [1.165, 1.54) is 5.32 Å². The van der Waals surface area contributed by atoms with Crippen molar-refractivity contribution in [2.45, 2.75) is 6.17 Å². The van der Waals surface area contributed by atoms with Crippen LogP contribution in [0.1, 0.15) is 0 Å². The van der Waals surface area contributed by atoms with Gasteiger partial charge in [-0.2, -0.15) is 0 Å². The number of hydrogen-bond donors (Lipinski definition) is 2. The topological polar surface area (TPSA) is 110 Å². The first-order valence-electron chi connectivity index (χ1n) is 2.15. The highest BCUT2D eigenvalue weighted by Crippen LogP contribution is 1.81. The van der Waals surface area contributed by atoms with E-state index in [9.17, 15) is 19.7 Å². The van der Waals surface area contributed by atoms with E-state index in [1.54, 1.807) is 0 Å². The first-order chi connectivity index (χ1) is 4.59. The van der Waals surface area contributed by atoms with Crippen LogP contribution in [0, 0.1) is 10.1 Å². The average molecular weight is 148 g/mol. The average Bonchev–Trinajstić information content (AvgIpc) is 1.81. The number of nitrogens with one attached hydrogen (secondary N) is 1. The van der Waals surface area contributed by atoms with Gasteiger partial charge in [0.15, 0.2) is 0 Å². The third kappa shape index (κ3) is 2.07. The van der Waals surface area contributed by atoms with Crippen LogP contribution >= 0.6 is 0 Å². The van der Waals surface area contributed by atoms with Gasteiger partial charge in [-0.15, -0.1) is 0 Å². The van der Waals surface area contributed by atoms with Crippen LogP contribution < -0.4 is 5.32 Å². The summed E-state index contributed by atoms with van der Waals surface area (Å²) in [7, 11) is 0. The van der Waals surface area contributed by atoms with Gasteiger partial charge in [0.05, 0.1) is 4.92 Å². The maximum absolute atomic E-state index is 9.87. The van der Waals surface area contributed by atoms with Crippen LogP contribution in [0.4, 0.5) is 0 Å². The summed E-state index contributed by atoms with van der Waals surface area (Å²) in [6.07, 6.45) is -2.08. The zero-order valence-electron chi connectivity index (χ0n) is 4.68. The van der Waals surface area contributed by atoms with Crippen molar-refractivity contribution in [3.8, 4) is 0 Å². The number of carbonyl (C=O) groups excluding carboxylic acids is 1. The minimum Gasteiger partial charge on any atom is -0.475 e. The molecule has 1 amide bonds. The summed E-state index contributed by atoms with van der Waals surface area (Å²) in [5, 5.41) is 19.2. The van der Waals surface area contributed by atoms with Crippen molar-refractivity contribution in [2.75, 3.05) is 0 Å². The summed E-state index contributed by atoms with van der Waals surface area (Å²) in [4.78, 5) is 28.0. The van der Waals surface area contributed by atoms with Gasteiger partial charge in [-0.3, -0.25) is 20.2 Å². The molecular formula is C3H4N2O5. The Balaban J connectivity index is 4.11. The highest BCUT2D eigenvalue weighted by atomic mass is 16.6. The monoisotopic (exact) mass is 148 g/mol. The van der Waals surface area contributed by atoms with Crippen LogP contribution in [0.15, 0.2) is 0 Å². The van der Waals surface area contributed by atoms with Gasteiger partial charge in [0.25, 0.3) is 0 Å². The van der Waals surface area contributed by atoms with Crippen molar-refractivity contribution in [3.05, 3.63) is 10.1 Å². The van der Waals surface area contributed by atoms with Gasteiger partial charge in [-0.25, -0.2) is 4.79 Å². The second-order valence-electron chi connectivity index (χ2n) is 1.31. The number of rotatable bonds is 4. The molecular weight excluding hydrogens is 144 g/mol. The molecule has 0 bridgehead atoms. The Bertz CT molecular complexity index is 152. The molecule has 1 unspecified atom stereocenters. The lowest BCUT2D eigenvalue weighted by atomic mass is 10.5. The van der Waals surface area contributed by atoms with Crippen molar-refractivity contribution in [1.29, 1.82) is 0 Å². The number of carboxylic acids is 1. The van der Waals surface area contributed by atoms with Gasteiger partial charge < -0.3 is 5.11 Å². The van der Waals surface area contributed by atoms with Gasteiger partial charge >= 0.3 is 12.1 Å². The summed E-state index contributed by atoms with van der Waals surface area (Å²) in [5.41, 5.74) is 0. The van der Waals surface area contributed by atoms with E-state index in [0.717, 1.165) is 0 Å². The Labute approximate surface area is 54.8 Å². The van der Waals surface area contributed by atoms with E-state index in [1.807, 2.05) is 0 Å². The molecule has 0 radical (unpaired) electrons. The molecule has 1 atom stereocenters. The molecule has 0 aromatic heterocycles. The number of carbonyl (C=O) groups is 2. The lowest BCUT2D eigenvalue weighted by Crippen LogP contribution is -2.42. The van der Waals surface area contributed by atoms with Gasteiger partial charge in [0, 0.05) is 0 Å². The van der Waals surface area contributed by atoms with Crippen molar-refractivity contribution in [1.82, 2.24) is 5.32 Å². The Morgan fingerprint density at radius 1 is 1.80 bits per heavy atom. The smallest absolute Gasteiger partial charge is 0.401 e. The first kappa shape index (κ1) is 8.34. The van der Waals surface area contributed by atoms with E-state index >= 15 is 0 Å². The molecule has 0 aliphatic carbocycles. The van der Waals surface area contributed by atoms with E-state index in [4.69, 9.17) is 5.11 Å². The Morgan fingerprint density at radius 2 is 2.30 bits per heavy atom. The SMILES string of the molecule is O=CNC(C(=O)O)[N+](=O)[O-]. The van der Waals surface area contributed by atoms with E-state index in [-0.39, 0.29) is 6.41 Å². The number of carboxylic acid groups (broad SMARTS) is 1. The number of nitrogens with zero attached hydrogens (tertiary/aromatic N) is 1. The number of nitro groups is 1. The number of amides is 1. The molecule has 7 nitrogen and oxygen atoms in total. The summed E-state index contributed by atoms with van der Waals surface area (Å²) >= 11 is 0. The van der Waals surface area contributed by atoms with E-state index in [2.05, 4.69) is 0 Å². The van der Waals surface area contributed by atoms with Gasteiger partial charge in [-0.1, -0.05) is 0 Å². The molecule has 10 heavy (non-hydrogen) atoms. The molecule has 0 fully saturated rings. The van der Waals surface area contributed by atoms with Crippen LogP contribution in [0.5, 0.6) is 0 Å². The van der Waals surface area contributed by atoms with Crippen LogP contribution in [-0.2, 0) is 9.59 Å². The van der Waals surface area contributed by atoms with Crippen molar-refractivity contribution in [2.24, 2.45) is 0 Å². The second-order valence-corrected chi connectivity index (χ2v) is 1.31. The summed E-state index contributed by atoms with van der Waals surface area (Å²) in [6, 6.07) is 0. The normalized spacial score (nSPS) is 11.6. The minimum absolute atomic E-state index is 0.0401. The third-order valence-corrected chi connectivity index (χ3v) is 0.671. The van der Waals surface area contributed by atoms with E-state index in [0.29, 0.717) is 0 Å². The maximum Gasteiger partial charge on any atom is 0.401 e. The lowest BCUT2D eigenvalue weighted by molar-refractivity contribution is -0.514. The fraction of sp³-hybridized carbons (Fsp3) is 0.333. The minimum atomic E-state index is -2.04. The predicted octanol–water partition coefficient (Wildman–Crippen LogP) is -1.58. The molecule has 2 N–H and O–H groups in total. The largest absolute Gasteiger partial charge is 0.475 e. The Hall–Kier alpha value is -1.66. The summed E-state index contributed by atoms with van der Waals surface area (Å²) < 4.78 is 0. The zero-order valence-corrected chi connectivity index (χ0v) is 4.68. The van der Waals surface area contributed by atoms with Crippen molar-refractivity contribution < 1.29 is 19.6 Å². The molecule has 0 aromatic rings. The fourth-order valence-corrected chi connectivity index (χ4v) is 0.287. The standard InChI is InChI=1S/C3H4N2O5/c6-1-4-2(3(7)8)5(9)10/h1-2H,(H,4,6)(H,7,8). The Morgan fingerprint density at radius 3 is 2.40 bits per heavy atom. The number of aliphatic carboxylic acids is 1. The van der Waals surface area contributed by atoms with Crippen LogP contribution in [0.25, 0.3) is 0 Å². The lowest BCUT2D eigenvalue weighted by Gasteiger charge is -1.99. The molecule has 56 valence electrons. The fourth-order valence-electron chi connectivity index (χ4n) is 0.287. The van der Waals surface area contributed by atoms with E-state index < -0.39 is 17.1 Å². The molecule has 0 spiro atoms. The highest BCUT2D eigenvalue weighted by molar-refractivity contribution is 5.74. The molecule has 0 heterocycles. The Kier molecular flexibility index (Phi) is 2.82. The maximum atomic E-state index is 9.87. The zero-order chi connectivity index (χ0) is 8.15. The van der Waals surface area contributed by atoms with Crippen LogP contribution in [0.2, 0.25) is 0 Å². The third-order valence-electron chi connectivity index (χ3n) is 0.671. The van der Waals surface area contributed by atoms with Crippen molar-refractivity contribution >= 4 is 12.4 Å². The molecule has 7 heteroatoms. The second kappa shape index (κ2) is 3.38. The summed E-state index contributed by atoms with van der Waals surface area (Å²) in [5.74, 6) is -1.70. The van der Waals surface area contributed by atoms with Gasteiger partial charge in [0.2, 0.25) is 6.41 Å². The molecule has 0 rings (SSSR count). The summed E-state index contributed by atoms with van der Waals surface area (Å²) in [6.45, 7) is 0. The quantitative estimate of drug-likeness (QED) is 0.216. The molecule has 0 saturated heterocycles. The van der Waals surface area contributed by atoms with Crippen LogP contribution in [-0.4, -0.2) is 28.6 Å². The molecule has 0 saturated carbocycles. The molecule has 0 aromatic carbocycles. The van der Waals surface area contributed by atoms with Crippen LogP contribution in [0.3, 0.4) is 0 Å². The predicted molar refractivity (Wildman–Crippen MR) is 27.6 cm³/mol. The van der Waals surface area contributed by atoms with Gasteiger partial charge in [-0.05, 0) is 0 Å². The molecule has 0 aliphatic heterocycles. The molecule has 0 aliphatic rings. The first-order valence-corrected chi connectivity index (χ1v) is 2.15. The van der Waals surface area contributed by atoms with Gasteiger partial charge in [0.1, 0.15) is 0 Å².